The summed E-state index contributed by atoms with van der Waals surface area (Å²) in [6.45, 7) is 5.45. The second kappa shape index (κ2) is 10.5. The minimum absolute atomic E-state index is 0.128. The summed E-state index contributed by atoms with van der Waals surface area (Å²) >= 11 is 7.44. The predicted octanol–water partition coefficient (Wildman–Crippen LogP) is 5.63. The second-order valence-electron chi connectivity index (χ2n) is 8.39. The van der Waals surface area contributed by atoms with Crippen LogP contribution < -0.4 is 10.6 Å². The molecule has 1 aromatic heterocycles. The number of aliphatic imine (C=N–C) groups is 1. The summed E-state index contributed by atoms with van der Waals surface area (Å²) in [7, 11) is 0. The largest absolute Gasteiger partial charge is 0.478 e. The zero-order valence-electron chi connectivity index (χ0n) is 19.8. The number of amidine groups is 1. The molecule has 2 aromatic carbocycles. The number of aromatic carboxylic acids is 1. The first-order chi connectivity index (χ1) is 17.1. The summed E-state index contributed by atoms with van der Waals surface area (Å²) in [5, 5.41) is 16.4. The van der Waals surface area contributed by atoms with Crippen molar-refractivity contribution < 1.29 is 19.5 Å². The first kappa shape index (κ1) is 25.4. The Morgan fingerprint density at radius 1 is 1.22 bits per heavy atom. The summed E-state index contributed by atoms with van der Waals surface area (Å²) < 4.78 is 0. The fraction of sp³-hybridized carbons (Fsp3) is 0.192. The van der Waals surface area contributed by atoms with Crippen LogP contribution in [0.1, 0.15) is 42.4 Å². The summed E-state index contributed by atoms with van der Waals surface area (Å²) in [5.41, 5.74) is 3.07. The fourth-order valence-corrected chi connectivity index (χ4v) is 4.48. The van der Waals surface area contributed by atoms with Gasteiger partial charge in [-0.1, -0.05) is 38.4 Å². The molecule has 10 heteroatoms. The van der Waals surface area contributed by atoms with Gasteiger partial charge in [0, 0.05) is 17.0 Å². The zero-order chi connectivity index (χ0) is 26.0. The molecule has 1 aliphatic heterocycles. The highest BCUT2D eigenvalue weighted by Crippen LogP contribution is 2.33. The first-order valence-electron chi connectivity index (χ1n) is 11.2. The third kappa shape index (κ3) is 5.58. The standard InChI is InChI=1S/C26H23ClN4O4S/c1-4-19-17(25(34)35)11-15-9-14(5-8-20(15)29-19)10-22-24(33)31-26(36-22)30-21-12-16(6-7-18(21)27)28-23(32)13(2)3/h5-13H,4H2,1-3H3,(H,28,32)(H,34,35)(H,30,31,33). The van der Waals surface area contributed by atoms with E-state index in [-0.39, 0.29) is 23.3 Å². The van der Waals surface area contributed by atoms with Crippen LogP contribution in [0.3, 0.4) is 0 Å². The van der Waals surface area contributed by atoms with Crippen molar-refractivity contribution in [1.29, 1.82) is 0 Å². The molecule has 2 heterocycles. The summed E-state index contributed by atoms with van der Waals surface area (Å²) in [6.07, 6.45) is 2.22. The van der Waals surface area contributed by atoms with E-state index in [1.165, 1.54) is 0 Å². The van der Waals surface area contributed by atoms with Gasteiger partial charge < -0.3 is 15.7 Å². The van der Waals surface area contributed by atoms with Gasteiger partial charge in [0.2, 0.25) is 5.91 Å². The highest BCUT2D eigenvalue weighted by atomic mass is 35.5. The number of hydrogen-bond acceptors (Lipinski definition) is 6. The SMILES string of the molecule is CCc1nc2ccc(C=C3SC(=Nc4cc(NC(=O)C(C)C)ccc4Cl)NC3=O)cc2cc1C(=O)O. The quantitative estimate of drug-likeness (QED) is 0.360. The van der Waals surface area contributed by atoms with E-state index in [2.05, 4.69) is 20.6 Å². The number of pyridine rings is 1. The van der Waals surface area contributed by atoms with Gasteiger partial charge in [-0.2, -0.15) is 0 Å². The van der Waals surface area contributed by atoms with Crippen molar-refractivity contribution in [3.63, 3.8) is 0 Å². The number of nitrogens with zero attached hydrogens (tertiary/aromatic N) is 2. The lowest BCUT2D eigenvalue weighted by Crippen LogP contribution is -2.19. The third-order valence-electron chi connectivity index (χ3n) is 5.39. The number of halogens is 1. The Bertz CT molecular complexity index is 1470. The number of hydrogen-bond donors (Lipinski definition) is 3. The van der Waals surface area contributed by atoms with Crippen LogP contribution in [-0.4, -0.2) is 33.0 Å². The molecule has 2 amide bonds. The molecular weight excluding hydrogens is 500 g/mol. The van der Waals surface area contributed by atoms with Gasteiger partial charge in [0.1, 0.15) is 0 Å². The van der Waals surface area contributed by atoms with Crippen LogP contribution in [0.4, 0.5) is 11.4 Å². The maximum Gasteiger partial charge on any atom is 0.337 e. The van der Waals surface area contributed by atoms with E-state index in [0.717, 1.165) is 17.3 Å². The first-order valence-corrected chi connectivity index (χ1v) is 12.4. The van der Waals surface area contributed by atoms with Gasteiger partial charge in [-0.3, -0.25) is 14.6 Å². The number of thioether (sulfide) groups is 1. The number of aryl methyl sites for hydroxylation is 1. The highest BCUT2D eigenvalue weighted by Gasteiger charge is 2.24. The van der Waals surface area contributed by atoms with E-state index in [1.807, 2.05) is 13.0 Å². The summed E-state index contributed by atoms with van der Waals surface area (Å²) in [6, 6.07) is 12.0. The molecule has 0 saturated carbocycles. The number of amides is 2. The third-order valence-corrected chi connectivity index (χ3v) is 6.62. The molecule has 0 unspecified atom stereocenters. The van der Waals surface area contributed by atoms with Crippen molar-refractivity contribution in [3.05, 3.63) is 69.2 Å². The minimum Gasteiger partial charge on any atom is -0.478 e. The zero-order valence-corrected chi connectivity index (χ0v) is 21.3. The van der Waals surface area contributed by atoms with E-state index in [9.17, 15) is 19.5 Å². The Hall–Kier alpha value is -3.69. The molecule has 1 aliphatic rings. The highest BCUT2D eigenvalue weighted by molar-refractivity contribution is 8.18. The molecule has 0 aliphatic carbocycles. The Labute approximate surface area is 216 Å². The number of rotatable bonds is 6. The minimum atomic E-state index is -1.02. The molecule has 184 valence electrons. The van der Waals surface area contributed by atoms with Crippen LogP contribution in [0.15, 0.2) is 52.4 Å². The number of benzene rings is 2. The van der Waals surface area contributed by atoms with Crippen LogP contribution in [0.5, 0.6) is 0 Å². The smallest absolute Gasteiger partial charge is 0.337 e. The normalized spacial score (nSPS) is 15.6. The Morgan fingerprint density at radius 2 is 2.00 bits per heavy atom. The molecule has 1 saturated heterocycles. The van der Waals surface area contributed by atoms with E-state index in [1.54, 1.807) is 56.3 Å². The molecule has 4 rings (SSSR count). The van der Waals surface area contributed by atoms with Gasteiger partial charge in [-0.25, -0.2) is 9.79 Å². The number of anilines is 1. The van der Waals surface area contributed by atoms with Crippen LogP contribution >= 0.6 is 23.4 Å². The number of fused-ring (bicyclic) bond motifs is 1. The Morgan fingerprint density at radius 3 is 2.69 bits per heavy atom. The number of carboxylic acid groups (broad SMARTS) is 1. The van der Waals surface area contributed by atoms with Crippen molar-refractivity contribution >= 4 is 74.7 Å². The Kier molecular flexibility index (Phi) is 7.42. The molecule has 36 heavy (non-hydrogen) atoms. The van der Waals surface area contributed by atoms with E-state index in [0.29, 0.717) is 49.5 Å². The van der Waals surface area contributed by atoms with Crippen molar-refractivity contribution in [1.82, 2.24) is 10.3 Å². The van der Waals surface area contributed by atoms with Gasteiger partial charge >= 0.3 is 5.97 Å². The maximum absolute atomic E-state index is 12.6. The molecule has 3 N–H and O–H groups in total. The van der Waals surface area contributed by atoms with Gasteiger partial charge in [0.25, 0.3) is 5.91 Å². The maximum atomic E-state index is 12.6. The topological polar surface area (TPSA) is 121 Å². The average Bonchev–Trinajstić information content (AvgIpc) is 3.18. The van der Waals surface area contributed by atoms with Crippen LogP contribution in [0.2, 0.25) is 5.02 Å². The van der Waals surface area contributed by atoms with E-state index < -0.39 is 5.97 Å². The number of carbonyl (C=O) groups excluding carboxylic acids is 2. The predicted molar refractivity (Wildman–Crippen MR) is 144 cm³/mol. The van der Waals surface area contributed by atoms with Crippen molar-refractivity contribution in [2.75, 3.05) is 5.32 Å². The molecule has 0 bridgehead atoms. The van der Waals surface area contributed by atoms with Crippen LogP contribution in [0.25, 0.3) is 17.0 Å². The van der Waals surface area contributed by atoms with Gasteiger partial charge in [0.05, 0.1) is 32.4 Å². The molecule has 0 atom stereocenters. The number of carboxylic acids is 1. The molecule has 3 aromatic rings. The van der Waals surface area contributed by atoms with Gasteiger partial charge in [-0.15, -0.1) is 0 Å². The fourth-order valence-electron chi connectivity index (χ4n) is 3.48. The molecule has 0 spiro atoms. The molecule has 8 nitrogen and oxygen atoms in total. The van der Waals surface area contributed by atoms with E-state index in [4.69, 9.17) is 11.6 Å². The lowest BCUT2D eigenvalue weighted by Gasteiger charge is -2.09. The summed E-state index contributed by atoms with van der Waals surface area (Å²) in [5.74, 6) is -1.65. The summed E-state index contributed by atoms with van der Waals surface area (Å²) in [4.78, 5) is 45.5. The second-order valence-corrected chi connectivity index (χ2v) is 9.82. The van der Waals surface area contributed by atoms with Crippen LogP contribution in [-0.2, 0) is 16.0 Å². The van der Waals surface area contributed by atoms with Gasteiger partial charge in [0.15, 0.2) is 5.17 Å². The lowest BCUT2D eigenvalue weighted by molar-refractivity contribution is -0.119. The van der Waals surface area contributed by atoms with Crippen LogP contribution in [0, 0.1) is 5.92 Å². The monoisotopic (exact) mass is 522 g/mol. The van der Waals surface area contributed by atoms with Crippen molar-refractivity contribution in [2.24, 2.45) is 10.9 Å². The molecule has 1 fully saturated rings. The van der Waals surface area contributed by atoms with Crippen molar-refractivity contribution in [2.45, 2.75) is 27.2 Å². The lowest BCUT2D eigenvalue weighted by atomic mass is 10.1. The average molecular weight is 523 g/mol. The van der Waals surface area contributed by atoms with E-state index >= 15 is 0 Å². The molecular formula is C26H23ClN4O4S. The molecule has 0 radical (unpaired) electrons. The number of nitrogens with one attached hydrogen (secondary N) is 2. The number of carbonyl (C=O) groups is 3. The Balaban J connectivity index is 1.60. The van der Waals surface area contributed by atoms with Crippen molar-refractivity contribution in [3.8, 4) is 0 Å². The van der Waals surface area contributed by atoms with Gasteiger partial charge in [-0.05, 0) is 66.2 Å². The number of aromatic nitrogens is 1.